The summed E-state index contributed by atoms with van der Waals surface area (Å²) in [5.74, 6) is -3.65. The molecule has 2 N–H and O–H groups in total. The highest BCUT2D eigenvalue weighted by molar-refractivity contribution is 5.27. The summed E-state index contributed by atoms with van der Waals surface area (Å²) in [5, 5.41) is 9.90. The van der Waals surface area contributed by atoms with Gasteiger partial charge >= 0.3 is 11.6 Å². The van der Waals surface area contributed by atoms with Crippen LogP contribution in [0.5, 0.6) is 0 Å². The number of rotatable bonds is 3. The van der Waals surface area contributed by atoms with E-state index < -0.39 is 35.6 Å². The second kappa shape index (κ2) is 5.86. The van der Waals surface area contributed by atoms with Gasteiger partial charge < -0.3 is 9.84 Å². The first-order chi connectivity index (χ1) is 10.9. The van der Waals surface area contributed by atoms with Crippen LogP contribution in [0.1, 0.15) is 19.1 Å². The van der Waals surface area contributed by atoms with E-state index in [0.717, 1.165) is 17.8 Å². The van der Waals surface area contributed by atoms with Crippen molar-refractivity contribution in [3.8, 4) is 0 Å². The third kappa shape index (κ3) is 2.91. The van der Waals surface area contributed by atoms with Gasteiger partial charge in [0.25, 0.3) is 5.56 Å². The van der Waals surface area contributed by atoms with E-state index >= 15 is 0 Å². The molecule has 3 rings (SSSR count). The molecular formula is C15H15F2N2O4. The molecule has 1 saturated heterocycles. The van der Waals surface area contributed by atoms with Crippen molar-refractivity contribution in [1.29, 1.82) is 0 Å². The zero-order valence-corrected chi connectivity index (χ0v) is 12.0. The number of aliphatic hydroxyl groups is 1. The molecule has 0 amide bonds. The minimum Gasteiger partial charge on any atom is -0.384 e. The van der Waals surface area contributed by atoms with Crippen molar-refractivity contribution in [2.24, 2.45) is 0 Å². The van der Waals surface area contributed by atoms with Gasteiger partial charge in [0.15, 0.2) is 0 Å². The van der Waals surface area contributed by atoms with Crippen LogP contribution < -0.4 is 11.2 Å². The number of nitrogens with zero attached hydrogens (tertiary/aromatic N) is 1. The first-order valence-corrected chi connectivity index (χ1v) is 7.11. The minimum atomic E-state index is -3.65. The molecule has 1 fully saturated rings. The lowest BCUT2D eigenvalue weighted by atomic mass is 9.96. The molecule has 2 aliphatic rings. The molecule has 0 aromatic carbocycles. The first kappa shape index (κ1) is 15.8. The van der Waals surface area contributed by atoms with E-state index in [0.29, 0.717) is 11.0 Å². The van der Waals surface area contributed by atoms with E-state index in [4.69, 9.17) is 4.74 Å². The van der Waals surface area contributed by atoms with Crippen molar-refractivity contribution >= 4 is 0 Å². The Morgan fingerprint density at radius 1 is 1.43 bits per heavy atom. The summed E-state index contributed by atoms with van der Waals surface area (Å²) < 4.78 is 34.4. The SMILES string of the molecule is O=c1ccn([C@@H]2O[C@H](CC3=CC=CC[CH]3)[C@@H](O)C2(F)F)c(=O)[nH]1. The third-order valence-electron chi connectivity index (χ3n) is 3.88. The van der Waals surface area contributed by atoms with Gasteiger partial charge in [-0.05, 0) is 19.3 Å². The van der Waals surface area contributed by atoms with Gasteiger partial charge in [0.05, 0.1) is 6.10 Å². The third-order valence-corrected chi connectivity index (χ3v) is 3.88. The number of aromatic nitrogens is 2. The number of hydrogen-bond donors (Lipinski definition) is 2. The number of alkyl halides is 2. The van der Waals surface area contributed by atoms with Crippen molar-refractivity contribution in [1.82, 2.24) is 9.55 Å². The second-order valence-corrected chi connectivity index (χ2v) is 5.48. The standard InChI is InChI=1S/C15H15F2N2O4/c16-15(17)12(21)10(8-9-4-2-1-3-5-9)23-13(15)19-7-6-11(20)18-14(19)22/h1-2,4-7,10,12-13,21H,3,8H2,(H,18,20,22)/t10-,12-,13-/m1/s1. The molecule has 2 heterocycles. The van der Waals surface area contributed by atoms with Crippen molar-refractivity contribution in [3.63, 3.8) is 0 Å². The normalized spacial score (nSPS) is 29.5. The Bertz CT molecular complexity index is 765. The Balaban J connectivity index is 1.87. The Labute approximate surface area is 129 Å². The van der Waals surface area contributed by atoms with Crippen LogP contribution in [-0.4, -0.2) is 32.8 Å². The predicted molar refractivity (Wildman–Crippen MR) is 76.9 cm³/mol. The van der Waals surface area contributed by atoms with Gasteiger partial charge in [-0.3, -0.25) is 14.3 Å². The monoisotopic (exact) mass is 325 g/mol. The quantitative estimate of drug-likeness (QED) is 0.865. The summed E-state index contributed by atoms with van der Waals surface area (Å²) in [4.78, 5) is 24.6. The fraction of sp³-hybridized carbons (Fsp3) is 0.400. The van der Waals surface area contributed by atoms with E-state index in [2.05, 4.69) is 0 Å². The van der Waals surface area contributed by atoms with Gasteiger partial charge in [-0.2, -0.15) is 8.78 Å². The fourth-order valence-electron chi connectivity index (χ4n) is 2.69. The van der Waals surface area contributed by atoms with Crippen LogP contribution in [0, 0.1) is 6.42 Å². The van der Waals surface area contributed by atoms with Crippen molar-refractivity contribution in [2.45, 2.75) is 37.2 Å². The van der Waals surface area contributed by atoms with Crippen molar-refractivity contribution < 1.29 is 18.6 Å². The summed E-state index contributed by atoms with van der Waals surface area (Å²) in [6.07, 6.45) is 3.89. The Hall–Kier alpha value is -2.06. The molecule has 0 spiro atoms. The molecule has 1 aliphatic carbocycles. The highest BCUT2D eigenvalue weighted by atomic mass is 19.3. The highest BCUT2D eigenvalue weighted by Crippen LogP contribution is 2.44. The van der Waals surface area contributed by atoms with Gasteiger partial charge in [-0.25, -0.2) is 4.79 Å². The first-order valence-electron chi connectivity index (χ1n) is 7.11. The van der Waals surface area contributed by atoms with E-state index in [9.17, 15) is 23.5 Å². The van der Waals surface area contributed by atoms with Crippen molar-refractivity contribution in [3.05, 3.63) is 63.3 Å². The number of allylic oxidation sites excluding steroid dienone is 3. The van der Waals surface area contributed by atoms with Crippen LogP contribution in [0.15, 0.2) is 45.7 Å². The average Bonchev–Trinajstić information content (AvgIpc) is 2.72. The molecule has 23 heavy (non-hydrogen) atoms. The van der Waals surface area contributed by atoms with E-state index in [-0.39, 0.29) is 6.42 Å². The summed E-state index contributed by atoms with van der Waals surface area (Å²) in [7, 11) is 0. The lowest BCUT2D eigenvalue weighted by molar-refractivity contribution is -0.140. The minimum absolute atomic E-state index is 0.107. The number of ether oxygens (including phenoxy) is 1. The van der Waals surface area contributed by atoms with Crippen LogP contribution in [0.2, 0.25) is 0 Å². The maximum Gasteiger partial charge on any atom is 0.330 e. The summed E-state index contributed by atoms with van der Waals surface area (Å²) in [6, 6.07) is 0.947. The van der Waals surface area contributed by atoms with Gasteiger partial charge in [-0.1, -0.05) is 23.8 Å². The zero-order chi connectivity index (χ0) is 16.6. The number of H-pyrrole nitrogens is 1. The van der Waals surface area contributed by atoms with E-state index in [1.807, 2.05) is 17.5 Å². The summed E-state index contributed by atoms with van der Waals surface area (Å²) in [5.41, 5.74) is -0.929. The lowest BCUT2D eigenvalue weighted by Crippen LogP contribution is -2.42. The molecule has 1 aromatic rings. The predicted octanol–water partition coefficient (Wildman–Crippen LogP) is 0.911. The molecular weight excluding hydrogens is 310 g/mol. The van der Waals surface area contributed by atoms with Gasteiger partial charge in [0.1, 0.15) is 6.10 Å². The smallest absolute Gasteiger partial charge is 0.330 e. The van der Waals surface area contributed by atoms with Crippen molar-refractivity contribution in [2.75, 3.05) is 0 Å². The Morgan fingerprint density at radius 3 is 2.87 bits per heavy atom. The maximum atomic E-state index is 14.3. The van der Waals surface area contributed by atoms with Gasteiger partial charge in [0.2, 0.25) is 6.23 Å². The Kier molecular flexibility index (Phi) is 4.03. The van der Waals surface area contributed by atoms with Crippen LogP contribution in [-0.2, 0) is 4.74 Å². The van der Waals surface area contributed by atoms with E-state index in [1.54, 1.807) is 12.2 Å². The van der Waals surface area contributed by atoms with Crippen LogP contribution >= 0.6 is 0 Å². The molecule has 1 aromatic heterocycles. The highest BCUT2D eigenvalue weighted by Gasteiger charge is 2.59. The molecule has 0 saturated carbocycles. The van der Waals surface area contributed by atoms with Gasteiger partial charge in [-0.15, -0.1) is 0 Å². The fourth-order valence-corrected chi connectivity index (χ4v) is 2.69. The van der Waals surface area contributed by atoms with Crippen LogP contribution in [0.4, 0.5) is 8.78 Å². The topological polar surface area (TPSA) is 84.3 Å². The number of aliphatic hydroxyl groups excluding tert-OH is 1. The zero-order valence-electron chi connectivity index (χ0n) is 12.0. The lowest BCUT2D eigenvalue weighted by Gasteiger charge is -2.20. The largest absolute Gasteiger partial charge is 0.384 e. The second-order valence-electron chi connectivity index (χ2n) is 5.48. The summed E-state index contributed by atoms with van der Waals surface area (Å²) >= 11 is 0. The van der Waals surface area contributed by atoms with E-state index in [1.165, 1.54) is 0 Å². The number of hydrogen-bond acceptors (Lipinski definition) is 4. The summed E-state index contributed by atoms with van der Waals surface area (Å²) in [6.45, 7) is 0. The molecule has 0 bridgehead atoms. The number of halogens is 2. The molecule has 1 aliphatic heterocycles. The van der Waals surface area contributed by atoms with Gasteiger partial charge in [0, 0.05) is 12.3 Å². The molecule has 8 heteroatoms. The maximum absolute atomic E-state index is 14.3. The molecule has 123 valence electrons. The Morgan fingerprint density at radius 2 is 2.22 bits per heavy atom. The molecule has 6 nitrogen and oxygen atoms in total. The molecule has 1 radical (unpaired) electrons. The molecule has 3 atom stereocenters. The average molecular weight is 325 g/mol. The number of nitrogens with one attached hydrogen (secondary N) is 1. The molecule has 0 unspecified atom stereocenters. The van der Waals surface area contributed by atoms with Crippen LogP contribution in [0.25, 0.3) is 0 Å². The number of aromatic amines is 1. The van der Waals surface area contributed by atoms with Crippen LogP contribution in [0.3, 0.4) is 0 Å².